The minimum absolute atomic E-state index is 0.781. The van der Waals surface area contributed by atoms with Gasteiger partial charge in [0.15, 0.2) is 5.82 Å². The molecule has 3 aromatic rings. The standard InChI is InChI=1S/C22H30N6OS/c1-3-9-27(10-4-2)21-19-18(24-26-25-21)17-15-7-5-6-8-16(15)20(23-22(17)30-19)28-11-13-29-14-12-28/h3-14H2,1-2H3. The Hall–Kier alpha value is -2.06. The average molecular weight is 427 g/mol. The van der Waals surface area contributed by atoms with Gasteiger partial charge >= 0.3 is 0 Å². The van der Waals surface area contributed by atoms with E-state index in [2.05, 4.69) is 39.1 Å². The summed E-state index contributed by atoms with van der Waals surface area (Å²) >= 11 is 1.74. The van der Waals surface area contributed by atoms with Crippen LogP contribution in [0.25, 0.3) is 20.4 Å². The van der Waals surface area contributed by atoms with Crippen LogP contribution >= 0.6 is 11.3 Å². The average Bonchev–Trinajstić information content (AvgIpc) is 3.18. The van der Waals surface area contributed by atoms with Gasteiger partial charge in [-0.05, 0) is 54.9 Å². The van der Waals surface area contributed by atoms with E-state index in [9.17, 15) is 0 Å². The van der Waals surface area contributed by atoms with Crippen molar-refractivity contribution in [2.24, 2.45) is 0 Å². The van der Waals surface area contributed by atoms with Crippen LogP contribution in [0.5, 0.6) is 0 Å². The molecule has 0 spiro atoms. The van der Waals surface area contributed by atoms with Crippen molar-refractivity contribution in [1.82, 2.24) is 20.4 Å². The molecule has 1 saturated heterocycles. The van der Waals surface area contributed by atoms with Gasteiger partial charge in [0.2, 0.25) is 0 Å². The summed E-state index contributed by atoms with van der Waals surface area (Å²) in [7, 11) is 0. The Morgan fingerprint density at radius 1 is 1.00 bits per heavy atom. The summed E-state index contributed by atoms with van der Waals surface area (Å²) in [5.74, 6) is 2.15. The summed E-state index contributed by atoms with van der Waals surface area (Å²) in [6, 6.07) is 0. The van der Waals surface area contributed by atoms with Gasteiger partial charge in [-0.15, -0.1) is 21.5 Å². The number of hydrogen-bond acceptors (Lipinski definition) is 8. The molecule has 8 heteroatoms. The maximum absolute atomic E-state index is 5.59. The van der Waals surface area contributed by atoms with Gasteiger partial charge in [0.25, 0.3) is 0 Å². The van der Waals surface area contributed by atoms with Crippen molar-refractivity contribution in [2.45, 2.75) is 52.4 Å². The third-order valence-electron chi connectivity index (χ3n) is 6.20. The van der Waals surface area contributed by atoms with E-state index in [0.29, 0.717) is 0 Å². The molecule has 0 radical (unpaired) electrons. The largest absolute Gasteiger partial charge is 0.378 e. The third-order valence-corrected chi connectivity index (χ3v) is 7.26. The molecule has 3 aromatic heterocycles. The van der Waals surface area contributed by atoms with E-state index in [1.165, 1.54) is 35.2 Å². The second-order valence-electron chi connectivity index (χ2n) is 8.26. The van der Waals surface area contributed by atoms with Crippen LogP contribution < -0.4 is 9.80 Å². The molecule has 0 amide bonds. The van der Waals surface area contributed by atoms with E-state index in [4.69, 9.17) is 9.72 Å². The molecule has 0 atom stereocenters. The van der Waals surface area contributed by atoms with Gasteiger partial charge in [0.1, 0.15) is 20.9 Å². The van der Waals surface area contributed by atoms with Crippen molar-refractivity contribution in [2.75, 3.05) is 49.2 Å². The lowest BCUT2D eigenvalue weighted by atomic mass is 9.90. The molecule has 0 aromatic carbocycles. The Bertz CT molecular complexity index is 1040. The zero-order chi connectivity index (χ0) is 20.5. The molecule has 30 heavy (non-hydrogen) atoms. The Balaban J connectivity index is 1.72. The zero-order valence-electron chi connectivity index (χ0n) is 18.0. The molecule has 4 heterocycles. The fourth-order valence-electron chi connectivity index (χ4n) is 4.86. The highest BCUT2D eigenvalue weighted by Gasteiger charge is 2.27. The second kappa shape index (κ2) is 8.59. The highest BCUT2D eigenvalue weighted by atomic mass is 32.1. The van der Waals surface area contributed by atoms with Crippen molar-refractivity contribution >= 4 is 43.4 Å². The van der Waals surface area contributed by atoms with Gasteiger partial charge in [-0.25, -0.2) is 4.98 Å². The molecule has 1 aliphatic carbocycles. The van der Waals surface area contributed by atoms with E-state index in [-0.39, 0.29) is 0 Å². The number of anilines is 2. The Morgan fingerprint density at radius 3 is 2.47 bits per heavy atom. The van der Waals surface area contributed by atoms with Gasteiger partial charge in [0.05, 0.1) is 13.2 Å². The normalized spacial score (nSPS) is 16.9. The summed E-state index contributed by atoms with van der Waals surface area (Å²) in [5.41, 5.74) is 3.87. The molecule has 160 valence electrons. The van der Waals surface area contributed by atoms with Crippen LogP contribution in [0.2, 0.25) is 0 Å². The van der Waals surface area contributed by atoms with Gasteiger partial charge < -0.3 is 14.5 Å². The quantitative estimate of drug-likeness (QED) is 0.591. The fourth-order valence-corrected chi connectivity index (χ4v) is 6.01. The summed E-state index contributed by atoms with van der Waals surface area (Å²) in [6.07, 6.45) is 6.85. The number of fused-ring (bicyclic) bond motifs is 5. The Kier molecular flexibility index (Phi) is 5.69. The predicted molar refractivity (Wildman–Crippen MR) is 123 cm³/mol. The fraction of sp³-hybridized carbons (Fsp3) is 0.636. The van der Waals surface area contributed by atoms with E-state index in [1.54, 1.807) is 11.3 Å². The third kappa shape index (κ3) is 3.39. The lowest BCUT2D eigenvalue weighted by Gasteiger charge is -2.31. The molecule has 7 nitrogen and oxygen atoms in total. The van der Waals surface area contributed by atoms with Crippen LogP contribution in [-0.4, -0.2) is 59.8 Å². The first-order valence-electron chi connectivity index (χ1n) is 11.4. The minimum atomic E-state index is 0.781. The number of thiophene rings is 1. The minimum Gasteiger partial charge on any atom is -0.378 e. The maximum Gasteiger partial charge on any atom is 0.172 e. The van der Waals surface area contributed by atoms with E-state index >= 15 is 0 Å². The van der Waals surface area contributed by atoms with E-state index < -0.39 is 0 Å². The monoisotopic (exact) mass is 426 g/mol. The van der Waals surface area contributed by atoms with E-state index in [0.717, 1.165) is 85.9 Å². The summed E-state index contributed by atoms with van der Waals surface area (Å²) in [5, 5.41) is 14.4. The summed E-state index contributed by atoms with van der Waals surface area (Å²) < 4.78 is 6.73. The highest BCUT2D eigenvalue weighted by Crippen LogP contribution is 2.43. The molecule has 1 aliphatic heterocycles. The topological polar surface area (TPSA) is 67.3 Å². The Labute approximate surface area is 181 Å². The SMILES string of the molecule is CCCN(CCC)c1nnnc2c1sc1nc(N3CCOCC3)c3c(c12)CCCC3. The molecule has 1 fully saturated rings. The number of nitrogens with zero attached hydrogens (tertiary/aromatic N) is 6. The number of hydrogen-bond donors (Lipinski definition) is 0. The highest BCUT2D eigenvalue weighted by molar-refractivity contribution is 7.26. The van der Waals surface area contributed by atoms with Crippen molar-refractivity contribution in [3.05, 3.63) is 11.1 Å². The number of morpholine rings is 1. The second-order valence-corrected chi connectivity index (χ2v) is 9.26. The van der Waals surface area contributed by atoms with Crippen molar-refractivity contribution < 1.29 is 4.74 Å². The first-order chi connectivity index (χ1) is 14.8. The molecule has 0 N–H and O–H groups in total. The van der Waals surface area contributed by atoms with Gasteiger partial charge in [-0.2, -0.15) is 0 Å². The lowest BCUT2D eigenvalue weighted by Crippen LogP contribution is -2.37. The number of ether oxygens (including phenoxy) is 1. The molecule has 0 saturated carbocycles. The molecule has 5 rings (SSSR count). The number of pyridine rings is 1. The number of aryl methyl sites for hydroxylation is 1. The molecule has 0 bridgehead atoms. The van der Waals surface area contributed by atoms with Gasteiger partial charge in [0, 0.05) is 31.6 Å². The van der Waals surface area contributed by atoms with Crippen molar-refractivity contribution in [3.8, 4) is 0 Å². The van der Waals surface area contributed by atoms with Gasteiger partial charge in [-0.1, -0.05) is 13.8 Å². The zero-order valence-corrected chi connectivity index (χ0v) is 18.8. The van der Waals surface area contributed by atoms with Crippen LogP contribution in [-0.2, 0) is 17.6 Å². The van der Waals surface area contributed by atoms with Crippen LogP contribution in [0.4, 0.5) is 11.6 Å². The lowest BCUT2D eigenvalue weighted by molar-refractivity contribution is 0.122. The van der Waals surface area contributed by atoms with Crippen LogP contribution in [0.3, 0.4) is 0 Å². The van der Waals surface area contributed by atoms with E-state index in [1.807, 2.05) is 0 Å². The van der Waals surface area contributed by atoms with Crippen LogP contribution in [0, 0.1) is 0 Å². The van der Waals surface area contributed by atoms with Crippen molar-refractivity contribution in [1.29, 1.82) is 0 Å². The van der Waals surface area contributed by atoms with Gasteiger partial charge in [-0.3, -0.25) is 0 Å². The summed E-state index contributed by atoms with van der Waals surface area (Å²) in [4.78, 5) is 11.1. The number of rotatable bonds is 6. The smallest absolute Gasteiger partial charge is 0.172 e. The van der Waals surface area contributed by atoms with Crippen LogP contribution in [0.1, 0.15) is 50.7 Å². The molecular formula is C22H30N6OS. The first-order valence-corrected chi connectivity index (χ1v) is 12.2. The number of aromatic nitrogens is 4. The molecular weight excluding hydrogens is 396 g/mol. The maximum atomic E-state index is 5.59. The van der Waals surface area contributed by atoms with Crippen molar-refractivity contribution in [3.63, 3.8) is 0 Å². The summed E-state index contributed by atoms with van der Waals surface area (Å²) in [6.45, 7) is 9.80. The molecule has 2 aliphatic rings. The van der Waals surface area contributed by atoms with Crippen LogP contribution in [0.15, 0.2) is 0 Å². The predicted octanol–water partition coefficient (Wildman–Crippen LogP) is 3.98. The first kappa shape index (κ1) is 19.9. The molecule has 0 unspecified atom stereocenters. The Morgan fingerprint density at radius 2 is 1.73 bits per heavy atom.